The van der Waals surface area contributed by atoms with Gasteiger partial charge in [-0.3, -0.25) is 0 Å². The zero-order chi connectivity index (χ0) is 7.11. The molecule has 0 saturated heterocycles. The van der Waals surface area contributed by atoms with E-state index in [1.807, 2.05) is 0 Å². The van der Waals surface area contributed by atoms with E-state index in [1.165, 1.54) is 0 Å². The van der Waals surface area contributed by atoms with Gasteiger partial charge in [0, 0.05) is 13.2 Å². The average Bonchev–Trinajstić information content (AvgIpc) is 1.88. The fraction of sp³-hybridized carbons (Fsp3) is 1.00. The van der Waals surface area contributed by atoms with Crippen LogP contribution in [0.15, 0.2) is 0 Å². The van der Waals surface area contributed by atoms with Crippen LogP contribution in [0.3, 0.4) is 0 Å². The largest absolute Gasteiger partial charge is 0.396 e. The van der Waals surface area contributed by atoms with Crippen LogP contribution in [0.25, 0.3) is 0 Å². The van der Waals surface area contributed by atoms with Crippen molar-refractivity contribution in [3.8, 4) is 0 Å². The first kappa shape index (κ1) is 9.35. The summed E-state index contributed by atoms with van der Waals surface area (Å²) < 4.78 is 0. The topological polar surface area (TPSA) is 40.5 Å². The lowest BCUT2D eigenvalue weighted by molar-refractivity contribution is 0.315. The maximum absolute atomic E-state index is 8.53. The summed E-state index contributed by atoms with van der Waals surface area (Å²) in [5, 5.41) is 17.1. The van der Waals surface area contributed by atoms with Crippen LogP contribution in [0.5, 0.6) is 0 Å². The molecule has 2 N–H and O–H groups in total. The minimum absolute atomic E-state index is 0.0586. The Morgan fingerprint density at radius 1 is 1.11 bits per heavy atom. The van der Waals surface area contributed by atoms with Gasteiger partial charge in [0.25, 0.3) is 0 Å². The van der Waals surface area contributed by atoms with Crippen LogP contribution in [0.1, 0.15) is 6.92 Å². The van der Waals surface area contributed by atoms with E-state index < -0.39 is 0 Å². The van der Waals surface area contributed by atoms with Crippen LogP contribution in [-0.4, -0.2) is 41.9 Å². The molecule has 56 valence electrons. The molecule has 0 fully saturated rings. The van der Waals surface area contributed by atoms with Crippen molar-refractivity contribution in [2.45, 2.75) is 6.92 Å². The summed E-state index contributed by atoms with van der Waals surface area (Å²) in [7, 11) is -0.0586. The summed E-state index contributed by atoms with van der Waals surface area (Å²) in [6.07, 6.45) is 2.91. The van der Waals surface area contributed by atoms with Gasteiger partial charge in [0.15, 0.2) is 0 Å². The second kappa shape index (κ2) is 6.47. The Morgan fingerprint density at radius 2 is 1.56 bits per heavy atom. The molecule has 0 aliphatic carbocycles. The molecule has 0 atom stereocenters. The average molecular weight is 150 g/mol. The molecule has 0 rings (SSSR count). The van der Waals surface area contributed by atoms with Gasteiger partial charge in [-0.15, -0.1) is 7.92 Å². The zero-order valence-electron chi connectivity index (χ0n) is 5.88. The van der Waals surface area contributed by atoms with E-state index in [9.17, 15) is 0 Å². The van der Waals surface area contributed by atoms with Crippen LogP contribution in [0, 0.1) is 0 Å². The molecule has 0 aromatic heterocycles. The molecule has 9 heavy (non-hydrogen) atoms. The summed E-state index contributed by atoms with van der Waals surface area (Å²) in [4.78, 5) is 0. The van der Waals surface area contributed by atoms with Gasteiger partial charge in [-0.05, 0) is 18.5 Å². The van der Waals surface area contributed by atoms with Crippen molar-refractivity contribution >= 4 is 7.92 Å². The Bertz CT molecular complexity index is 53.0. The van der Waals surface area contributed by atoms with Gasteiger partial charge < -0.3 is 10.2 Å². The van der Waals surface area contributed by atoms with Crippen LogP contribution in [-0.2, 0) is 0 Å². The predicted octanol–water partition coefficient (Wildman–Crippen LogP) is 0.473. The van der Waals surface area contributed by atoms with Crippen molar-refractivity contribution in [1.82, 2.24) is 0 Å². The zero-order valence-corrected chi connectivity index (χ0v) is 6.77. The third-order valence-electron chi connectivity index (χ3n) is 1.28. The van der Waals surface area contributed by atoms with Gasteiger partial charge in [0.05, 0.1) is 0 Å². The summed E-state index contributed by atoms with van der Waals surface area (Å²) in [6.45, 7) is 2.66. The Morgan fingerprint density at radius 3 is 1.78 bits per heavy atom. The fourth-order valence-corrected chi connectivity index (χ4v) is 2.13. The van der Waals surface area contributed by atoms with E-state index >= 15 is 0 Å². The second-order valence-electron chi connectivity index (χ2n) is 1.88. The molecule has 0 unspecified atom stereocenters. The predicted molar refractivity (Wildman–Crippen MR) is 41.4 cm³/mol. The van der Waals surface area contributed by atoms with E-state index in [4.69, 9.17) is 10.2 Å². The quantitative estimate of drug-likeness (QED) is 0.559. The Kier molecular flexibility index (Phi) is 6.72. The van der Waals surface area contributed by atoms with Gasteiger partial charge in [0.2, 0.25) is 0 Å². The van der Waals surface area contributed by atoms with E-state index in [0.29, 0.717) is 0 Å². The monoisotopic (exact) mass is 150 g/mol. The van der Waals surface area contributed by atoms with Crippen molar-refractivity contribution in [3.63, 3.8) is 0 Å². The third kappa shape index (κ3) is 4.83. The highest BCUT2D eigenvalue weighted by Gasteiger charge is 2.01. The molecule has 0 heterocycles. The normalized spacial score (nSPS) is 10.7. The molecular formula is C6H15O2P. The van der Waals surface area contributed by atoms with Crippen LogP contribution in [0.2, 0.25) is 0 Å². The number of aliphatic hydroxyl groups is 2. The van der Waals surface area contributed by atoms with Crippen LogP contribution < -0.4 is 0 Å². The van der Waals surface area contributed by atoms with Crippen LogP contribution >= 0.6 is 7.92 Å². The molecule has 0 bridgehead atoms. The fourth-order valence-electron chi connectivity index (χ4n) is 0.711. The highest BCUT2D eigenvalue weighted by atomic mass is 31.1. The van der Waals surface area contributed by atoms with Gasteiger partial charge in [0.1, 0.15) is 0 Å². The van der Waals surface area contributed by atoms with Gasteiger partial charge in [-0.2, -0.15) is 0 Å². The maximum atomic E-state index is 8.53. The first-order valence-electron chi connectivity index (χ1n) is 3.29. The van der Waals surface area contributed by atoms with Crippen molar-refractivity contribution in [2.24, 2.45) is 0 Å². The summed E-state index contributed by atoms with van der Waals surface area (Å²) in [5.41, 5.74) is 0. The molecule has 0 aliphatic heterocycles. The SMILES string of the molecule is CCP(CCO)CCO. The lowest BCUT2D eigenvalue weighted by atomic mass is 10.9. The van der Waals surface area contributed by atoms with Crippen molar-refractivity contribution in [1.29, 1.82) is 0 Å². The molecule has 3 heteroatoms. The Balaban J connectivity index is 3.18. The van der Waals surface area contributed by atoms with Gasteiger partial charge >= 0.3 is 0 Å². The summed E-state index contributed by atoms with van der Waals surface area (Å²) >= 11 is 0. The first-order chi connectivity index (χ1) is 4.35. The van der Waals surface area contributed by atoms with E-state index in [-0.39, 0.29) is 21.1 Å². The van der Waals surface area contributed by atoms with Crippen LogP contribution in [0.4, 0.5) is 0 Å². The first-order valence-corrected chi connectivity index (χ1v) is 5.19. The minimum Gasteiger partial charge on any atom is -0.396 e. The number of hydrogen-bond donors (Lipinski definition) is 2. The summed E-state index contributed by atoms with van der Waals surface area (Å²) in [5.74, 6) is 0. The van der Waals surface area contributed by atoms with E-state index in [2.05, 4.69) is 6.92 Å². The number of rotatable bonds is 5. The minimum atomic E-state index is -0.0586. The third-order valence-corrected chi connectivity index (χ3v) is 3.84. The second-order valence-corrected chi connectivity index (χ2v) is 4.75. The van der Waals surface area contributed by atoms with E-state index in [1.54, 1.807) is 0 Å². The van der Waals surface area contributed by atoms with Crippen molar-refractivity contribution in [2.75, 3.05) is 31.7 Å². The van der Waals surface area contributed by atoms with Gasteiger partial charge in [-0.1, -0.05) is 6.92 Å². The van der Waals surface area contributed by atoms with Crippen molar-refractivity contribution in [3.05, 3.63) is 0 Å². The molecular weight excluding hydrogens is 135 g/mol. The lowest BCUT2D eigenvalue weighted by Crippen LogP contribution is -1.99. The maximum Gasteiger partial charge on any atom is 0.0470 e. The number of aliphatic hydroxyl groups excluding tert-OH is 2. The standard InChI is InChI=1S/C6H15O2P/c1-2-9(5-3-7)6-4-8/h7-8H,2-6H2,1H3. The summed E-state index contributed by atoms with van der Waals surface area (Å²) in [6, 6.07) is 0. The molecule has 0 saturated carbocycles. The van der Waals surface area contributed by atoms with Gasteiger partial charge in [-0.25, -0.2) is 0 Å². The molecule has 0 aromatic carbocycles. The Hall–Kier alpha value is 0.350. The molecule has 2 nitrogen and oxygen atoms in total. The molecule has 0 aromatic rings. The Labute approximate surface area is 57.7 Å². The molecule has 0 radical (unpaired) electrons. The highest BCUT2D eigenvalue weighted by Crippen LogP contribution is 2.32. The molecule has 0 aliphatic rings. The lowest BCUT2D eigenvalue weighted by Gasteiger charge is -2.10. The van der Waals surface area contributed by atoms with E-state index in [0.717, 1.165) is 18.5 Å². The smallest absolute Gasteiger partial charge is 0.0470 e. The highest BCUT2D eigenvalue weighted by molar-refractivity contribution is 7.57. The number of hydrogen-bond acceptors (Lipinski definition) is 2. The van der Waals surface area contributed by atoms with Crippen molar-refractivity contribution < 1.29 is 10.2 Å². The molecule has 0 amide bonds. The molecule has 0 spiro atoms.